The van der Waals surface area contributed by atoms with Crippen LogP contribution in [0.4, 0.5) is 5.82 Å². The second-order valence-electron chi connectivity index (χ2n) is 6.53. The summed E-state index contributed by atoms with van der Waals surface area (Å²) in [5, 5.41) is 13.8. The number of carboxylic acid groups (broad SMARTS) is 1. The predicted octanol–water partition coefficient (Wildman–Crippen LogP) is 2.05. The average Bonchev–Trinajstić information content (AvgIpc) is 2.91. The van der Waals surface area contributed by atoms with Gasteiger partial charge in [-0.1, -0.05) is 35.5 Å². The van der Waals surface area contributed by atoms with E-state index in [-0.39, 0.29) is 17.2 Å². The molecule has 1 aliphatic heterocycles. The number of nitrogens with zero attached hydrogens (tertiary/aromatic N) is 3. The molecule has 0 bridgehead atoms. The Labute approximate surface area is 146 Å². The number of benzene rings is 1. The minimum absolute atomic E-state index is 0.108. The molecule has 1 unspecified atom stereocenters. The van der Waals surface area contributed by atoms with Gasteiger partial charge >= 0.3 is 5.97 Å². The van der Waals surface area contributed by atoms with Gasteiger partial charge in [0, 0.05) is 31.1 Å². The van der Waals surface area contributed by atoms with Gasteiger partial charge in [0.25, 0.3) is 0 Å². The summed E-state index contributed by atoms with van der Waals surface area (Å²) in [7, 11) is 4.03. The van der Waals surface area contributed by atoms with Crippen LogP contribution in [0, 0.1) is 5.92 Å². The first-order valence-electron chi connectivity index (χ1n) is 8.32. The smallest absolute Gasteiger partial charge is 0.343 e. The molecule has 2 heterocycles. The van der Waals surface area contributed by atoms with Crippen LogP contribution in [0.1, 0.15) is 10.4 Å². The largest absolute Gasteiger partial charge is 0.477 e. The number of rotatable bonds is 5. The van der Waals surface area contributed by atoms with Crippen molar-refractivity contribution in [2.75, 3.05) is 51.8 Å². The minimum atomic E-state index is -1.04. The quantitative estimate of drug-likeness (QED) is 0.888. The third-order valence-electron chi connectivity index (χ3n) is 4.18. The third kappa shape index (κ3) is 4.00. The molecule has 1 atom stereocenters. The number of carboxylic acids is 1. The minimum Gasteiger partial charge on any atom is -0.477 e. The fourth-order valence-corrected chi connectivity index (χ4v) is 3.18. The maximum Gasteiger partial charge on any atom is 0.343 e. The van der Waals surface area contributed by atoms with E-state index in [9.17, 15) is 9.90 Å². The number of hydrogen-bond donors (Lipinski definition) is 1. The molecule has 7 heteroatoms. The summed E-state index contributed by atoms with van der Waals surface area (Å²) in [5.41, 5.74) is 0.811. The normalized spacial score (nSPS) is 18.4. The lowest BCUT2D eigenvalue weighted by molar-refractivity contribution is 0.0697. The lowest BCUT2D eigenvalue weighted by atomic mass is 10.1. The molecule has 0 amide bonds. The zero-order valence-corrected chi connectivity index (χ0v) is 14.5. The van der Waals surface area contributed by atoms with E-state index in [4.69, 9.17) is 9.26 Å². The summed E-state index contributed by atoms with van der Waals surface area (Å²) in [6, 6.07) is 9.19. The predicted molar refractivity (Wildman–Crippen MR) is 94.0 cm³/mol. The SMILES string of the molecule is CN(C)CC1COCCN(c2noc(-c3ccccc3)c2C(=O)O)C1. The molecule has 1 aromatic heterocycles. The molecular formula is C18H23N3O4. The monoisotopic (exact) mass is 345 g/mol. The lowest BCUT2D eigenvalue weighted by Crippen LogP contribution is -2.35. The van der Waals surface area contributed by atoms with Crippen molar-refractivity contribution in [3.63, 3.8) is 0 Å². The maximum absolute atomic E-state index is 11.9. The second kappa shape index (κ2) is 7.67. The van der Waals surface area contributed by atoms with Crippen LogP contribution in [0.5, 0.6) is 0 Å². The Kier molecular flexibility index (Phi) is 5.35. The number of anilines is 1. The van der Waals surface area contributed by atoms with Gasteiger partial charge < -0.3 is 24.2 Å². The van der Waals surface area contributed by atoms with Crippen molar-refractivity contribution in [2.45, 2.75) is 0 Å². The molecule has 3 rings (SSSR count). The molecule has 7 nitrogen and oxygen atoms in total. The van der Waals surface area contributed by atoms with Crippen molar-refractivity contribution in [1.82, 2.24) is 10.1 Å². The average molecular weight is 345 g/mol. The van der Waals surface area contributed by atoms with Crippen molar-refractivity contribution in [3.05, 3.63) is 35.9 Å². The molecule has 1 aliphatic rings. The fourth-order valence-electron chi connectivity index (χ4n) is 3.18. The lowest BCUT2D eigenvalue weighted by Gasteiger charge is -2.25. The molecule has 1 fully saturated rings. The summed E-state index contributed by atoms with van der Waals surface area (Å²) in [5.74, 6) is -0.0986. The fraction of sp³-hybridized carbons (Fsp3) is 0.444. The van der Waals surface area contributed by atoms with Crippen LogP contribution in [0.2, 0.25) is 0 Å². The first kappa shape index (κ1) is 17.4. The summed E-state index contributed by atoms with van der Waals surface area (Å²) in [4.78, 5) is 16.0. The van der Waals surface area contributed by atoms with Crippen LogP contribution in [0.25, 0.3) is 11.3 Å². The topological polar surface area (TPSA) is 79.0 Å². The molecule has 0 radical (unpaired) electrons. The van der Waals surface area contributed by atoms with E-state index in [1.165, 1.54) is 0 Å². The van der Waals surface area contributed by atoms with Gasteiger partial charge in [-0.3, -0.25) is 0 Å². The van der Waals surface area contributed by atoms with E-state index in [1.54, 1.807) is 0 Å². The van der Waals surface area contributed by atoms with Crippen LogP contribution in [-0.4, -0.2) is 68.1 Å². The molecular weight excluding hydrogens is 322 g/mol. The van der Waals surface area contributed by atoms with Gasteiger partial charge in [0.15, 0.2) is 17.1 Å². The van der Waals surface area contributed by atoms with Crippen molar-refractivity contribution in [3.8, 4) is 11.3 Å². The second-order valence-corrected chi connectivity index (χ2v) is 6.53. The van der Waals surface area contributed by atoms with E-state index in [0.717, 1.165) is 6.54 Å². The molecule has 1 saturated heterocycles. The first-order chi connectivity index (χ1) is 12.1. The van der Waals surface area contributed by atoms with Crippen molar-refractivity contribution in [2.24, 2.45) is 5.92 Å². The van der Waals surface area contributed by atoms with Gasteiger partial charge in [0.05, 0.1) is 13.2 Å². The van der Waals surface area contributed by atoms with Crippen LogP contribution in [-0.2, 0) is 4.74 Å². The van der Waals surface area contributed by atoms with Crippen molar-refractivity contribution < 1.29 is 19.2 Å². The zero-order chi connectivity index (χ0) is 17.8. The molecule has 25 heavy (non-hydrogen) atoms. The van der Waals surface area contributed by atoms with Gasteiger partial charge in [-0.05, 0) is 14.1 Å². The molecule has 0 saturated carbocycles. The highest BCUT2D eigenvalue weighted by Crippen LogP contribution is 2.32. The number of carbonyl (C=O) groups is 1. The van der Waals surface area contributed by atoms with E-state index in [0.29, 0.717) is 37.7 Å². The Balaban J connectivity index is 1.93. The van der Waals surface area contributed by atoms with Crippen LogP contribution in [0.15, 0.2) is 34.9 Å². The van der Waals surface area contributed by atoms with Crippen molar-refractivity contribution in [1.29, 1.82) is 0 Å². The summed E-state index contributed by atoms with van der Waals surface area (Å²) in [6.45, 7) is 3.32. The van der Waals surface area contributed by atoms with Crippen LogP contribution in [0.3, 0.4) is 0 Å². The highest BCUT2D eigenvalue weighted by molar-refractivity contribution is 5.99. The Morgan fingerprint density at radius 3 is 2.80 bits per heavy atom. The van der Waals surface area contributed by atoms with Gasteiger partial charge in [-0.15, -0.1) is 0 Å². The Bertz CT molecular complexity index is 714. The van der Waals surface area contributed by atoms with Gasteiger partial charge in [-0.25, -0.2) is 4.79 Å². The maximum atomic E-state index is 11.9. The molecule has 134 valence electrons. The van der Waals surface area contributed by atoms with Crippen LogP contribution < -0.4 is 4.90 Å². The molecule has 1 aromatic carbocycles. The van der Waals surface area contributed by atoms with Crippen molar-refractivity contribution >= 4 is 11.8 Å². The van der Waals surface area contributed by atoms with Gasteiger partial charge in [-0.2, -0.15) is 0 Å². The molecule has 1 N–H and O–H groups in total. The Morgan fingerprint density at radius 2 is 2.12 bits per heavy atom. The summed E-state index contributed by atoms with van der Waals surface area (Å²) >= 11 is 0. The van der Waals surface area contributed by atoms with E-state index in [1.807, 2.05) is 49.3 Å². The molecule has 0 aliphatic carbocycles. The number of aromatic carboxylic acids is 1. The Hall–Kier alpha value is -2.38. The zero-order valence-electron chi connectivity index (χ0n) is 14.5. The van der Waals surface area contributed by atoms with E-state index in [2.05, 4.69) is 10.1 Å². The standard InChI is InChI=1S/C18H23N3O4/c1-20(2)10-13-11-21(8-9-24-12-13)17-15(18(22)23)16(25-19-17)14-6-4-3-5-7-14/h3-7,13H,8-12H2,1-2H3,(H,22,23). The number of hydrogen-bond acceptors (Lipinski definition) is 6. The summed E-state index contributed by atoms with van der Waals surface area (Å²) < 4.78 is 11.1. The Morgan fingerprint density at radius 1 is 1.36 bits per heavy atom. The third-order valence-corrected chi connectivity index (χ3v) is 4.18. The highest BCUT2D eigenvalue weighted by Gasteiger charge is 2.30. The molecule has 0 spiro atoms. The first-order valence-corrected chi connectivity index (χ1v) is 8.32. The van der Waals surface area contributed by atoms with Crippen LogP contribution >= 0.6 is 0 Å². The molecule has 2 aromatic rings. The van der Waals surface area contributed by atoms with E-state index < -0.39 is 5.97 Å². The summed E-state index contributed by atoms with van der Waals surface area (Å²) in [6.07, 6.45) is 0. The number of aromatic nitrogens is 1. The highest BCUT2D eigenvalue weighted by atomic mass is 16.5. The number of ether oxygens (including phenoxy) is 1. The van der Waals surface area contributed by atoms with E-state index >= 15 is 0 Å². The van der Waals surface area contributed by atoms with Gasteiger partial charge in [0.1, 0.15) is 0 Å². The van der Waals surface area contributed by atoms with Gasteiger partial charge in [0.2, 0.25) is 0 Å².